The van der Waals surface area contributed by atoms with Crippen molar-refractivity contribution in [2.24, 2.45) is 0 Å². The van der Waals surface area contributed by atoms with Gasteiger partial charge < -0.3 is 0 Å². The molecule has 0 radical (unpaired) electrons. The smallest absolute Gasteiger partial charge is 0.164 e. The number of hydrogen-bond donors (Lipinski definition) is 0. The van der Waals surface area contributed by atoms with Gasteiger partial charge in [-0.15, -0.1) is 0 Å². The zero-order chi connectivity index (χ0) is 40.1. The lowest BCUT2D eigenvalue weighted by Crippen LogP contribution is -2.00. The molecule has 4 nitrogen and oxygen atoms in total. The first-order chi connectivity index (χ1) is 29.7. The lowest BCUT2D eigenvalue weighted by Gasteiger charge is -2.15. The molecule has 0 atom stereocenters. The predicted octanol–water partition coefficient (Wildman–Crippen LogP) is 14.3. The molecule has 2 heterocycles. The molecule has 2 aromatic heterocycles. The average Bonchev–Trinajstić information content (AvgIpc) is 3.35. The van der Waals surface area contributed by atoms with Crippen molar-refractivity contribution in [3.05, 3.63) is 231 Å². The van der Waals surface area contributed by atoms with Gasteiger partial charge in [-0.1, -0.05) is 188 Å². The van der Waals surface area contributed by atoms with Crippen LogP contribution in [0.5, 0.6) is 0 Å². The van der Waals surface area contributed by atoms with Gasteiger partial charge in [-0.25, -0.2) is 15.0 Å². The summed E-state index contributed by atoms with van der Waals surface area (Å²) in [5.74, 6) is 1.81. The van der Waals surface area contributed by atoms with E-state index in [4.69, 9.17) is 15.0 Å². The second-order valence-electron chi connectivity index (χ2n) is 14.7. The van der Waals surface area contributed by atoms with Gasteiger partial charge in [0.1, 0.15) is 0 Å². The average molecular weight is 767 g/mol. The third kappa shape index (κ3) is 7.53. The summed E-state index contributed by atoms with van der Waals surface area (Å²) in [5, 5.41) is 0. The highest BCUT2D eigenvalue weighted by atomic mass is 15.0. The molecule has 0 N–H and O–H groups in total. The van der Waals surface area contributed by atoms with Gasteiger partial charge in [-0.2, -0.15) is 0 Å². The number of nitrogens with zero attached hydrogens (tertiary/aromatic N) is 4. The van der Waals surface area contributed by atoms with E-state index in [1.807, 2.05) is 42.6 Å². The van der Waals surface area contributed by atoms with Crippen molar-refractivity contribution in [2.75, 3.05) is 0 Å². The van der Waals surface area contributed by atoms with E-state index in [9.17, 15) is 0 Å². The molecule has 282 valence electrons. The Morgan fingerprint density at radius 2 is 0.617 bits per heavy atom. The number of pyridine rings is 1. The van der Waals surface area contributed by atoms with E-state index in [-0.39, 0.29) is 0 Å². The SMILES string of the molecule is c1ccc(-c2nc(-c3ccc(-c4ccc(-c5ccccc5)c(-c5ccccc5)c4)cc3)nc(-c3cc(-c4cccnc4)cc(-c4ccccc4-c4ccccc4)c3)n2)cc1. The van der Waals surface area contributed by atoms with Crippen LogP contribution in [0.2, 0.25) is 0 Å². The van der Waals surface area contributed by atoms with Gasteiger partial charge >= 0.3 is 0 Å². The van der Waals surface area contributed by atoms with Gasteiger partial charge in [0.15, 0.2) is 17.5 Å². The van der Waals surface area contributed by atoms with Crippen LogP contribution in [0.1, 0.15) is 0 Å². The maximum Gasteiger partial charge on any atom is 0.164 e. The van der Waals surface area contributed by atoms with Crippen LogP contribution >= 0.6 is 0 Å². The minimum Gasteiger partial charge on any atom is -0.264 e. The molecule has 0 spiro atoms. The number of rotatable bonds is 9. The lowest BCUT2D eigenvalue weighted by atomic mass is 9.91. The summed E-state index contributed by atoms with van der Waals surface area (Å²) in [7, 11) is 0. The summed E-state index contributed by atoms with van der Waals surface area (Å²) >= 11 is 0. The molecule has 0 saturated heterocycles. The fourth-order valence-corrected chi connectivity index (χ4v) is 7.83. The van der Waals surface area contributed by atoms with Crippen LogP contribution in [-0.2, 0) is 0 Å². The first-order valence-electron chi connectivity index (χ1n) is 20.1. The molecule has 60 heavy (non-hydrogen) atoms. The third-order valence-electron chi connectivity index (χ3n) is 10.8. The fourth-order valence-electron chi connectivity index (χ4n) is 7.83. The van der Waals surface area contributed by atoms with Gasteiger partial charge in [0.2, 0.25) is 0 Å². The second-order valence-corrected chi connectivity index (χ2v) is 14.7. The Bertz CT molecular complexity index is 3040. The van der Waals surface area contributed by atoms with E-state index in [1.165, 1.54) is 22.3 Å². The molecule has 10 rings (SSSR count). The molecule has 4 heteroatoms. The van der Waals surface area contributed by atoms with Crippen molar-refractivity contribution >= 4 is 0 Å². The van der Waals surface area contributed by atoms with Crippen molar-refractivity contribution in [1.82, 2.24) is 19.9 Å². The molecular formula is C56H38N4. The Labute approximate surface area is 350 Å². The Hall–Kier alpha value is -8.08. The first-order valence-corrected chi connectivity index (χ1v) is 20.1. The predicted molar refractivity (Wildman–Crippen MR) is 247 cm³/mol. The highest BCUT2D eigenvalue weighted by Gasteiger charge is 2.17. The number of hydrogen-bond acceptors (Lipinski definition) is 4. The summed E-state index contributed by atoms with van der Waals surface area (Å²) in [6.07, 6.45) is 3.70. The molecule has 0 amide bonds. The van der Waals surface area contributed by atoms with Crippen LogP contribution in [0.25, 0.3) is 101 Å². The van der Waals surface area contributed by atoms with Crippen LogP contribution < -0.4 is 0 Å². The molecule has 10 aromatic rings. The monoisotopic (exact) mass is 766 g/mol. The standard InChI is InChI=1S/C56H38N4/c1-5-16-40(17-6-1)50-25-13-14-26-51(50)48-34-47(46-24-15-33-57-38-46)35-49(36-48)56-59-54(43-22-11-4-12-23-43)58-55(60-56)44-29-27-39(28-30-44)45-31-32-52(41-18-7-2-8-19-41)53(37-45)42-20-9-3-10-21-42/h1-38H. The summed E-state index contributed by atoms with van der Waals surface area (Å²) in [4.78, 5) is 19.9. The minimum atomic E-state index is 0.594. The molecule has 8 aromatic carbocycles. The van der Waals surface area contributed by atoms with Crippen molar-refractivity contribution in [1.29, 1.82) is 0 Å². The topological polar surface area (TPSA) is 51.6 Å². The normalized spacial score (nSPS) is 11.0. The van der Waals surface area contributed by atoms with Crippen molar-refractivity contribution < 1.29 is 0 Å². The summed E-state index contributed by atoms with van der Waals surface area (Å²) in [6, 6.07) is 76.3. The van der Waals surface area contributed by atoms with Crippen LogP contribution in [0.4, 0.5) is 0 Å². The van der Waals surface area contributed by atoms with Gasteiger partial charge in [0, 0.05) is 34.6 Å². The van der Waals surface area contributed by atoms with Gasteiger partial charge in [0.05, 0.1) is 0 Å². The molecule has 0 unspecified atom stereocenters. The van der Waals surface area contributed by atoms with Crippen LogP contribution in [-0.4, -0.2) is 19.9 Å². The van der Waals surface area contributed by atoms with E-state index in [0.717, 1.165) is 61.2 Å². The fraction of sp³-hybridized carbons (Fsp3) is 0. The maximum atomic E-state index is 5.21. The zero-order valence-electron chi connectivity index (χ0n) is 32.7. The molecule has 0 saturated carbocycles. The molecule has 0 fully saturated rings. The van der Waals surface area contributed by atoms with E-state index in [2.05, 4.69) is 187 Å². The second kappa shape index (κ2) is 16.4. The first kappa shape index (κ1) is 36.3. The number of benzene rings is 8. The summed E-state index contributed by atoms with van der Waals surface area (Å²) < 4.78 is 0. The van der Waals surface area contributed by atoms with Gasteiger partial charge in [0.25, 0.3) is 0 Å². The summed E-state index contributed by atoms with van der Waals surface area (Å²) in [6.45, 7) is 0. The largest absolute Gasteiger partial charge is 0.264 e. The van der Waals surface area contributed by atoms with Crippen LogP contribution in [0.3, 0.4) is 0 Å². The maximum absolute atomic E-state index is 5.21. The Morgan fingerprint density at radius 3 is 1.18 bits per heavy atom. The van der Waals surface area contributed by atoms with Gasteiger partial charge in [-0.05, 0) is 91.5 Å². The quantitative estimate of drug-likeness (QED) is 0.147. The molecule has 0 bridgehead atoms. The highest BCUT2D eigenvalue weighted by molar-refractivity contribution is 5.89. The highest BCUT2D eigenvalue weighted by Crippen LogP contribution is 2.39. The van der Waals surface area contributed by atoms with E-state index < -0.39 is 0 Å². The molecule has 0 aliphatic rings. The lowest BCUT2D eigenvalue weighted by molar-refractivity contribution is 1.07. The molecule has 0 aliphatic carbocycles. The Kier molecular flexibility index (Phi) is 9.92. The summed E-state index contributed by atoms with van der Waals surface area (Å²) in [5.41, 5.74) is 16.3. The van der Waals surface area contributed by atoms with Gasteiger partial charge in [-0.3, -0.25) is 4.98 Å². The van der Waals surface area contributed by atoms with Crippen LogP contribution in [0.15, 0.2) is 231 Å². The van der Waals surface area contributed by atoms with Crippen molar-refractivity contribution in [2.45, 2.75) is 0 Å². The van der Waals surface area contributed by atoms with E-state index in [1.54, 1.807) is 6.20 Å². The number of aromatic nitrogens is 4. The Morgan fingerprint density at radius 1 is 0.217 bits per heavy atom. The van der Waals surface area contributed by atoms with E-state index in [0.29, 0.717) is 17.5 Å². The van der Waals surface area contributed by atoms with Crippen LogP contribution in [0, 0.1) is 0 Å². The minimum absolute atomic E-state index is 0.594. The van der Waals surface area contributed by atoms with Crippen molar-refractivity contribution in [3.8, 4) is 101 Å². The molecular weight excluding hydrogens is 729 g/mol. The van der Waals surface area contributed by atoms with Crippen molar-refractivity contribution in [3.63, 3.8) is 0 Å². The zero-order valence-corrected chi connectivity index (χ0v) is 32.7. The molecule has 0 aliphatic heterocycles. The third-order valence-corrected chi connectivity index (χ3v) is 10.8. The van der Waals surface area contributed by atoms with E-state index >= 15 is 0 Å². The Balaban J connectivity index is 1.09.